The molecule has 1 saturated carbocycles. The second-order valence-electron chi connectivity index (χ2n) is 6.29. The van der Waals surface area contributed by atoms with Gasteiger partial charge in [-0.2, -0.15) is 0 Å². The summed E-state index contributed by atoms with van der Waals surface area (Å²) in [4.78, 5) is 14.2. The van der Waals surface area contributed by atoms with Gasteiger partial charge in [-0.3, -0.25) is 0 Å². The molecule has 0 aromatic heterocycles. The lowest BCUT2D eigenvalue weighted by Crippen LogP contribution is -2.36. The van der Waals surface area contributed by atoms with Crippen LogP contribution >= 0.6 is 15.9 Å². The monoisotopic (exact) mass is 382 g/mol. The molecule has 1 aromatic carbocycles. The molecule has 1 N–H and O–H groups in total. The van der Waals surface area contributed by atoms with E-state index in [4.69, 9.17) is 9.47 Å². The van der Waals surface area contributed by atoms with E-state index in [2.05, 4.69) is 21.2 Å². The van der Waals surface area contributed by atoms with Crippen LogP contribution in [-0.2, 0) is 0 Å². The molecule has 0 radical (unpaired) electrons. The number of ether oxygens (including phenoxy) is 2. The molecule has 1 aromatic rings. The summed E-state index contributed by atoms with van der Waals surface area (Å²) in [6, 6.07) is 3.56. The highest BCUT2D eigenvalue weighted by Crippen LogP contribution is 2.38. The number of fused-ring (bicyclic) bond motifs is 1. The third-order valence-corrected chi connectivity index (χ3v) is 5.13. The molecule has 6 heteroatoms. The summed E-state index contributed by atoms with van der Waals surface area (Å²) in [5, 5.41) is 2.95. The maximum atomic E-state index is 12.4. The third-order valence-electron chi connectivity index (χ3n) is 4.48. The van der Waals surface area contributed by atoms with E-state index in [1.54, 1.807) is 4.90 Å². The van der Waals surface area contributed by atoms with Gasteiger partial charge < -0.3 is 19.7 Å². The zero-order valence-electron chi connectivity index (χ0n) is 13.4. The number of rotatable bonds is 3. The van der Waals surface area contributed by atoms with E-state index in [0.717, 1.165) is 11.0 Å². The molecule has 1 aliphatic carbocycles. The molecule has 1 aliphatic heterocycles. The largest absolute Gasteiger partial charge is 0.486 e. The Balaban J connectivity index is 1.62. The van der Waals surface area contributed by atoms with Gasteiger partial charge in [0.15, 0.2) is 11.5 Å². The Bertz CT molecular complexity index is 573. The van der Waals surface area contributed by atoms with Gasteiger partial charge in [0, 0.05) is 30.2 Å². The molecule has 23 heavy (non-hydrogen) atoms. The maximum absolute atomic E-state index is 12.4. The van der Waals surface area contributed by atoms with Crippen molar-refractivity contribution in [2.24, 2.45) is 5.92 Å². The van der Waals surface area contributed by atoms with Crippen LogP contribution in [0.3, 0.4) is 0 Å². The van der Waals surface area contributed by atoms with Crippen LogP contribution in [0.2, 0.25) is 0 Å². The van der Waals surface area contributed by atoms with Crippen LogP contribution in [-0.4, -0.2) is 37.7 Å². The molecule has 0 atom stereocenters. The predicted octanol–water partition coefficient (Wildman–Crippen LogP) is 4.26. The Labute approximate surface area is 145 Å². The van der Waals surface area contributed by atoms with Crippen LogP contribution in [0.25, 0.3) is 0 Å². The molecule has 3 rings (SSSR count). The first-order valence-electron chi connectivity index (χ1n) is 8.25. The normalized spacial score (nSPS) is 17.7. The summed E-state index contributed by atoms with van der Waals surface area (Å²) in [6.07, 6.45) is 6.36. The zero-order chi connectivity index (χ0) is 16.2. The van der Waals surface area contributed by atoms with Crippen molar-refractivity contribution in [3.05, 3.63) is 16.6 Å². The topological polar surface area (TPSA) is 50.8 Å². The fourth-order valence-corrected chi connectivity index (χ4v) is 3.63. The second-order valence-corrected chi connectivity index (χ2v) is 7.14. The van der Waals surface area contributed by atoms with E-state index in [9.17, 15) is 4.79 Å². The Morgan fingerprint density at radius 2 is 1.87 bits per heavy atom. The summed E-state index contributed by atoms with van der Waals surface area (Å²) in [6.45, 7) is 1.90. The van der Waals surface area contributed by atoms with Crippen LogP contribution < -0.4 is 14.8 Å². The molecule has 0 unspecified atom stereocenters. The molecule has 0 saturated heterocycles. The molecular formula is C17H23BrN2O3. The van der Waals surface area contributed by atoms with E-state index in [-0.39, 0.29) is 6.03 Å². The number of halogens is 1. The third kappa shape index (κ3) is 4.10. The van der Waals surface area contributed by atoms with Gasteiger partial charge in [-0.15, -0.1) is 0 Å². The number of anilines is 1. The molecule has 0 spiro atoms. The summed E-state index contributed by atoms with van der Waals surface area (Å²) in [5.41, 5.74) is 0.703. The van der Waals surface area contributed by atoms with Crippen molar-refractivity contribution in [1.82, 2.24) is 4.90 Å². The molecule has 5 nitrogen and oxygen atoms in total. The van der Waals surface area contributed by atoms with E-state index >= 15 is 0 Å². The van der Waals surface area contributed by atoms with E-state index in [1.165, 1.54) is 32.1 Å². The van der Waals surface area contributed by atoms with Crippen molar-refractivity contribution >= 4 is 27.6 Å². The molecule has 2 aliphatic rings. The van der Waals surface area contributed by atoms with Crippen molar-refractivity contribution in [2.45, 2.75) is 32.1 Å². The predicted molar refractivity (Wildman–Crippen MR) is 93.4 cm³/mol. The first-order chi connectivity index (χ1) is 11.1. The average molecular weight is 383 g/mol. The number of benzene rings is 1. The lowest BCUT2D eigenvalue weighted by Gasteiger charge is -2.27. The number of nitrogens with one attached hydrogen (secondary N) is 1. The molecule has 0 bridgehead atoms. The highest BCUT2D eigenvalue weighted by Gasteiger charge is 2.20. The minimum absolute atomic E-state index is 0.0899. The number of carbonyl (C=O) groups excluding carboxylic acids is 1. The Morgan fingerprint density at radius 3 is 2.57 bits per heavy atom. The highest BCUT2D eigenvalue weighted by atomic mass is 79.9. The summed E-state index contributed by atoms with van der Waals surface area (Å²) in [5.74, 6) is 2.00. The van der Waals surface area contributed by atoms with Gasteiger partial charge in [-0.1, -0.05) is 19.3 Å². The average Bonchev–Trinajstić information content (AvgIpc) is 2.56. The van der Waals surface area contributed by atoms with Crippen molar-refractivity contribution < 1.29 is 14.3 Å². The van der Waals surface area contributed by atoms with Gasteiger partial charge in [0.05, 0.1) is 5.69 Å². The van der Waals surface area contributed by atoms with Crippen molar-refractivity contribution in [3.63, 3.8) is 0 Å². The van der Waals surface area contributed by atoms with Crippen LogP contribution in [0.1, 0.15) is 32.1 Å². The summed E-state index contributed by atoms with van der Waals surface area (Å²) in [7, 11) is 1.86. The number of hydrogen-bond acceptors (Lipinski definition) is 3. The van der Waals surface area contributed by atoms with Gasteiger partial charge in [-0.25, -0.2) is 4.79 Å². The van der Waals surface area contributed by atoms with E-state index in [1.807, 2.05) is 19.2 Å². The number of nitrogens with zero attached hydrogens (tertiary/aromatic N) is 1. The lowest BCUT2D eigenvalue weighted by atomic mass is 9.89. The minimum Gasteiger partial charge on any atom is -0.486 e. The molecule has 2 amide bonds. The van der Waals surface area contributed by atoms with Crippen molar-refractivity contribution in [1.29, 1.82) is 0 Å². The Kier molecular flexibility index (Phi) is 5.30. The quantitative estimate of drug-likeness (QED) is 0.849. The molecular weight excluding hydrogens is 360 g/mol. The van der Waals surface area contributed by atoms with Gasteiger partial charge in [0.25, 0.3) is 0 Å². The summed E-state index contributed by atoms with van der Waals surface area (Å²) < 4.78 is 11.9. The number of amides is 2. The first kappa shape index (κ1) is 16.4. The zero-order valence-corrected chi connectivity index (χ0v) is 15.0. The minimum atomic E-state index is -0.0899. The van der Waals surface area contributed by atoms with Crippen LogP contribution in [0.5, 0.6) is 11.5 Å². The summed E-state index contributed by atoms with van der Waals surface area (Å²) >= 11 is 3.48. The standard InChI is InChI=1S/C17H23BrN2O3/c1-20(11-12-5-3-2-4-6-12)17(21)19-14-10-16-15(9-13(14)18)22-7-8-23-16/h9-10,12H,2-8,11H2,1H3,(H,19,21). The van der Waals surface area contributed by atoms with E-state index in [0.29, 0.717) is 36.3 Å². The number of urea groups is 1. The lowest BCUT2D eigenvalue weighted by molar-refractivity contribution is 0.171. The number of carbonyl (C=O) groups is 1. The maximum Gasteiger partial charge on any atom is 0.321 e. The smallest absolute Gasteiger partial charge is 0.321 e. The van der Waals surface area contributed by atoms with Gasteiger partial charge in [0.1, 0.15) is 13.2 Å². The second kappa shape index (κ2) is 7.43. The van der Waals surface area contributed by atoms with Gasteiger partial charge in [0.2, 0.25) is 0 Å². The van der Waals surface area contributed by atoms with Crippen LogP contribution in [0.4, 0.5) is 10.5 Å². The number of hydrogen-bond donors (Lipinski definition) is 1. The molecule has 126 valence electrons. The molecule has 1 fully saturated rings. The van der Waals surface area contributed by atoms with Crippen molar-refractivity contribution in [3.8, 4) is 11.5 Å². The van der Waals surface area contributed by atoms with Crippen LogP contribution in [0.15, 0.2) is 16.6 Å². The van der Waals surface area contributed by atoms with E-state index < -0.39 is 0 Å². The van der Waals surface area contributed by atoms with Crippen LogP contribution in [0, 0.1) is 5.92 Å². The molecule has 1 heterocycles. The SMILES string of the molecule is CN(CC1CCCCC1)C(=O)Nc1cc2c(cc1Br)OCCO2. The highest BCUT2D eigenvalue weighted by molar-refractivity contribution is 9.10. The fourth-order valence-electron chi connectivity index (χ4n) is 3.21. The van der Waals surface area contributed by atoms with Gasteiger partial charge in [-0.05, 0) is 34.7 Å². The Hall–Kier alpha value is -1.43. The Morgan fingerprint density at radius 1 is 1.22 bits per heavy atom. The fraction of sp³-hybridized carbons (Fsp3) is 0.588. The van der Waals surface area contributed by atoms with Gasteiger partial charge >= 0.3 is 6.03 Å². The first-order valence-corrected chi connectivity index (χ1v) is 9.04. The van der Waals surface area contributed by atoms with Crippen molar-refractivity contribution in [2.75, 3.05) is 32.1 Å².